The number of halogens is 1. The van der Waals surface area contributed by atoms with E-state index in [1.54, 1.807) is 31.0 Å². The number of carbonyl (C=O) groups is 1. The smallest absolute Gasteiger partial charge is 0.254 e. The zero-order valence-electron chi connectivity index (χ0n) is 11.4. The van der Waals surface area contributed by atoms with Gasteiger partial charge in [-0.2, -0.15) is 0 Å². The molecule has 3 nitrogen and oxygen atoms in total. The van der Waals surface area contributed by atoms with Crippen LogP contribution in [0.3, 0.4) is 0 Å². The summed E-state index contributed by atoms with van der Waals surface area (Å²) in [5.74, 6) is 0.0289. The second-order valence-corrected chi connectivity index (χ2v) is 5.61. The zero-order chi connectivity index (χ0) is 14.7. The normalized spacial score (nSPS) is 10.3. The van der Waals surface area contributed by atoms with Gasteiger partial charge < -0.3 is 10.0 Å². The molecule has 20 heavy (non-hydrogen) atoms. The molecule has 2 rings (SSSR count). The van der Waals surface area contributed by atoms with Crippen LogP contribution in [0, 0.1) is 6.92 Å². The maximum absolute atomic E-state index is 12.3. The molecule has 4 heteroatoms. The standard InChI is InChI=1S/C16H16BrNO2/c1-11-7-8-12(9-15(11)19)16(20)18(2)10-13-5-3-4-6-14(13)17/h3-9,19H,10H2,1-2H3. The predicted octanol–water partition coefficient (Wildman–Crippen LogP) is 3.74. The van der Waals surface area contributed by atoms with E-state index < -0.39 is 0 Å². The van der Waals surface area contributed by atoms with Crippen molar-refractivity contribution < 1.29 is 9.90 Å². The van der Waals surface area contributed by atoms with E-state index in [4.69, 9.17) is 0 Å². The van der Waals surface area contributed by atoms with Crippen molar-refractivity contribution in [1.29, 1.82) is 0 Å². The highest BCUT2D eigenvalue weighted by atomic mass is 79.9. The zero-order valence-corrected chi connectivity index (χ0v) is 13.0. The van der Waals surface area contributed by atoms with Crippen LogP contribution < -0.4 is 0 Å². The number of benzene rings is 2. The predicted molar refractivity (Wildman–Crippen MR) is 82.8 cm³/mol. The molecule has 0 saturated carbocycles. The second-order valence-electron chi connectivity index (χ2n) is 4.75. The van der Waals surface area contributed by atoms with E-state index in [1.807, 2.05) is 24.3 Å². The first-order valence-corrected chi connectivity index (χ1v) is 7.07. The van der Waals surface area contributed by atoms with Gasteiger partial charge in [-0.1, -0.05) is 40.2 Å². The van der Waals surface area contributed by atoms with Crippen LogP contribution in [-0.2, 0) is 6.54 Å². The lowest BCUT2D eigenvalue weighted by Gasteiger charge is -2.18. The van der Waals surface area contributed by atoms with Crippen LogP contribution in [0.5, 0.6) is 5.75 Å². The minimum atomic E-state index is -0.115. The number of nitrogens with zero attached hydrogens (tertiary/aromatic N) is 1. The number of carbonyl (C=O) groups excluding carboxylic acids is 1. The topological polar surface area (TPSA) is 40.5 Å². The Hall–Kier alpha value is -1.81. The number of phenolic OH excluding ortho intramolecular Hbond substituents is 1. The maximum atomic E-state index is 12.3. The first kappa shape index (κ1) is 14.6. The Labute approximate surface area is 127 Å². The molecule has 0 aliphatic carbocycles. The quantitative estimate of drug-likeness (QED) is 0.929. The fraction of sp³-hybridized carbons (Fsp3) is 0.188. The molecular formula is C16H16BrNO2. The minimum Gasteiger partial charge on any atom is -0.508 e. The summed E-state index contributed by atoms with van der Waals surface area (Å²) < 4.78 is 0.978. The van der Waals surface area contributed by atoms with Crippen LogP contribution in [0.15, 0.2) is 46.9 Å². The lowest BCUT2D eigenvalue weighted by molar-refractivity contribution is 0.0784. The van der Waals surface area contributed by atoms with Gasteiger partial charge in [0.25, 0.3) is 5.91 Å². The van der Waals surface area contributed by atoms with Crippen molar-refractivity contribution in [1.82, 2.24) is 4.90 Å². The van der Waals surface area contributed by atoms with E-state index in [0.29, 0.717) is 12.1 Å². The molecular weight excluding hydrogens is 318 g/mol. The lowest BCUT2D eigenvalue weighted by atomic mass is 10.1. The van der Waals surface area contributed by atoms with Crippen LogP contribution in [0.25, 0.3) is 0 Å². The maximum Gasteiger partial charge on any atom is 0.254 e. The highest BCUT2D eigenvalue weighted by Crippen LogP contribution is 2.21. The van der Waals surface area contributed by atoms with Crippen molar-refractivity contribution in [3.05, 3.63) is 63.6 Å². The Morgan fingerprint density at radius 1 is 1.25 bits per heavy atom. The third kappa shape index (κ3) is 3.20. The second kappa shape index (κ2) is 6.09. The SMILES string of the molecule is Cc1ccc(C(=O)N(C)Cc2ccccc2Br)cc1O. The summed E-state index contributed by atoms with van der Waals surface area (Å²) in [4.78, 5) is 14.0. The Bertz CT molecular complexity index is 640. The van der Waals surface area contributed by atoms with Gasteiger partial charge in [-0.15, -0.1) is 0 Å². The molecule has 0 spiro atoms. The van der Waals surface area contributed by atoms with Gasteiger partial charge >= 0.3 is 0 Å². The molecule has 0 bridgehead atoms. The van der Waals surface area contributed by atoms with Crippen molar-refractivity contribution in [3.8, 4) is 5.75 Å². The number of hydrogen-bond acceptors (Lipinski definition) is 2. The number of hydrogen-bond donors (Lipinski definition) is 1. The molecule has 0 aliphatic rings. The highest BCUT2D eigenvalue weighted by Gasteiger charge is 2.14. The van der Waals surface area contributed by atoms with Crippen molar-refractivity contribution in [3.63, 3.8) is 0 Å². The van der Waals surface area contributed by atoms with E-state index in [2.05, 4.69) is 15.9 Å². The fourth-order valence-corrected chi connectivity index (χ4v) is 2.33. The molecule has 104 valence electrons. The van der Waals surface area contributed by atoms with Crippen LogP contribution in [0.4, 0.5) is 0 Å². The molecule has 0 fully saturated rings. The Morgan fingerprint density at radius 2 is 1.95 bits per heavy atom. The van der Waals surface area contributed by atoms with Crippen LogP contribution >= 0.6 is 15.9 Å². The minimum absolute atomic E-state index is 0.115. The molecule has 0 aromatic heterocycles. The average Bonchev–Trinajstić information content (AvgIpc) is 2.43. The molecule has 0 aliphatic heterocycles. The third-order valence-corrected chi connectivity index (χ3v) is 3.94. The fourth-order valence-electron chi connectivity index (χ4n) is 1.92. The number of aryl methyl sites for hydroxylation is 1. The molecule has 0 radical (unpaired) electrons. The van der Waals surface area contributed by atoms with Crippen molar-refractivity contribution in [2.45, 2.75) is 13.5 Å². The van der Waals surface area contributed by atoms with Crippen molar-refractivity contribution >= 4 is 21.8 Å². The Morgan fingerprint density at radius 3 is 2.60 bits per heavy atom. The van der Waals surface area contributed by atoms with E-state index >= 15 is 0 Å². The van der Waals surface area contributed by atoms with Gasteiger partial charge in [-0.05, 0) is 36.2 Å². The number of aromatic hydroxyl groups is 1. The summed E-state index contributed by atoms with van der Waals surface area (Å²) in [5.41, 5.74) is 2.29. The van der Waals surface area contributed by atoms with Crippen LogP contribution in [0.2, 0.25) is 0 Å². The van der Waals surface area contributed by atoms with Gasteiger partial charge in [0.15, 0.2) is 0 Å². The van der Waals surface area contributed by atoms with E-state index in [9.17, 15) is 9.90 Å². The monoisotopic (exact) mass is 333 g/mol. The van der Waals surface area contributed by atoms with Gasteiger partial charge in [-0.3, -0.25) is 4.79 Å². The number of phenols is 1. The average molecular weight is 334 g/mol. The summed E-state index contributed by atoms with van der Waals surface area (Å²) in [6.45, 7) is 2.31. The molecule has 0 heterocycles. The first-order chi connectivity index (χ1) is 9.49. The largest absolute Gasteiger partial charge is 0.508 e. The lowest BCUT2D eigenvalue weighted by Crippen LogP contribution is -2.26. The molecule has 2 aromatic carbocycles. The Kier molecular flexibility index (Phi) is 4.45. The van der Waals surface area contributed by atoms with Gasteiger partial charge in [0.05, 0.1) is 0 Å². The summed E-state index contributed by atoms with van der Waals surface area (Å²) >= 11 is 3.47. The number of rotatable bonds is 3. The Balaban J connectivity index is 2.16. The first-order valence-electron chi connectivity index (χ1n) is 6.27. The van der Waals surface area contributed by atoms with Crippen molar-refractivity contribution in [2.75, 3.05) is 7.05 Å². The molecule has 1 amide bonds. The van der Waals surface area contributed by atoms with Crippen LogP contribution in [0.1, 0.15) is 21.5 Å². The molecule has 1 N–H and O–H groups in total. The third-order valence-electron chi connectivity index (χ3n) is 3.17. The highest BCUT2D eigenvalue weighted by molar-refractivity contribution is 9.10. The van der Waals surface area contributed by atoms with Gasteiger partial charge in [0.2, 0.25) is 0 Å². The summed E-state index contributed by atoms with van der Waals surface area (Å²) in [5, 5.41) is 9.69. The van der Waals surface area contributed by atoms with E-state index in [-0.39, 0.29) is 11.7 Å². The summed E-state index contributed by atoms with van der Waals surface area (Å²) in [6, 6.07) is 12.8. The summed E-state index contributed by atoms with van der Waals surface area (Å²) in [6.07, 6.45) is 0. The molecule has 0 unspecified atom stereocenters. The number of amides is 1. The van der Waals surface area contributed by atoms with Gasteiger partial charge in [0.1, 0.15) is 5.75 Å². The van der Waals surface area contributed by atoms with Gasteiger partial charge in [0, 0.05) is 23.6 Å². The molecule has 2 aromatic rings. The molecule has 0 saturated heterocycles. The summed E-state index contributed by atoms with van der Waals surface area (Å²) in [7, 11) is 1.75. The van der Waals surface area contributed by atoms with E-state index in [0.717, 1.165) is 15.6 Å². The van der Waals surface area contributed by atoms with Crippen molar-refractivity contribution in [2.24, 2.45) is 0 Å². The van der Waals surface area contributed by atoms with Crippen LogP contribution in [-0.4, -0.2) is 23.0 Å². The van der Waals surface area contributed by atoms with E-state index in [1.165, 1.54) is 6.07 Å². The van der Waals surface area contributed by atoms with Gasteiger partial charge in [-0.25, -0.2) is 0 Å². The molecule has 0 atom stereocenters.